The summed E-state index contributed by atoms with van der Waals surface area (Å²) in [6.45, 7) is 7.48. The number of hydrogen-bond donors (Lipinski definition) is 1. The number of hydrogen-bond acceptors (Lipinski definition) is 7. The van der Waals surface area contributed by atoms with Gasteiger partial charge in [-0.3, -0.25) is 4.90 Å². The molecule has 1 spiro atoms. The van der Waals surface area contributed by atoms with Gasteiger partial charge in [-0.05, 0) is 32.3 Å². The second-order valence-corrected chi connectivity index (χ2v) is 9.08. The molecule has 3 fully saturated rings. The lowest BCUT2D eigenvalue weighted by Crippen LogP contribution is -2.58. The van der Waals surface area contributed by atoms with E-state index in [9.17, 15) is 9.18 Å². The molecule has 0 aromatic carbocycles. The first-order valence-electron chi connectivity index (χ1n) is 11.4. The first-order chi connectivity index (χ1) is 15.6. The molecule has 2 saturated heterocycles. The van der Waals surface area contributed by atoms with Crippen LogP contribution >= 0.6 is 0 Å². The van der Waals surface area contributed by atoms with Crippen molar-refractivity contribution in [3.63, 3.8) is 0 Å². The van der Waals surface area contributed by atoms with E-state index in [-0.39, 0.29) is 17.3 Å². The van der Waals surface area contributed by atoms with Crippen LogP contribution in [-0.2, 0) is 4.74 Å². The predicted molar refractivity (Wildman–Crippen MR) is 120 cm³/mol. The molecule has 4 aliphatic rings. The number of halogens is 1. The zero-order valence-corrected chi connectivity index (χ0v) is 18.4. The van der Waals surface area contributed by atoms with E-state index in [1.54, 1.807) is 12.4 Å². The van der Waals surface area contributed by atoms with Crippen LogP contribution in [0.1, 0.15) is 31.7 Å². The van der Waals surface area contributed by atoms with Crippen molar-refractivity contribution >= 4 is 23.5 Å². The summed E-state index contributed by atoms with van der Waals surface area (Å²) in [4.78, 5) is 27.2. The summed E-state index contributed by atoms with van der Waals surface area (Å²) >= 11 is 0. The van der Waals surface area contributed by atoms with Crippen molar-refractivity contribution in [2.75, 3.05) is 50.8 Å². The van der Waals surface area contributed by atoms with Gasteiger partial charge in [0.15, 0.2) is 0 Å². The van der Waals surface area contributed by atoms with Crippen LogP contribution in [0, 0.1) is 11.2 Å². The van der Waals surface area contributed by atoms with E-state index in [0.29, 0.717) is 23.9 Å². The van der Waals surface area contributed by atoms with Gasteiger partial charge in [-0.15, -0.1) is 0 Å². The molecule has 1 aromatic heterocycles. The van der Waals surface area contributed by atoms with Crippen molar-refractivity contribution in [2.45, 2.75) is 32.2 Å². The maximum atomic E-state index is 13.9. The number of piperazine rings is 1. The van der Waals surface area contributed by atoms with Gasteiger partial charge >= 0.3 is 6.09 Å². The standard InChI is InChI=1S/C23H29FN6O2/c1-2-32-22(31)30-15-23(16-30)4-3-18(12-23)28-7-9-29(10-8-28)21-19(11-17(24)13-27-21)20-14-25-5-6-26-20/h5,11,13-14,18,25H,2-4,7-10,12,15-16H2,1H3/t18-/m1/s1. The molecule has 1 amide bonds. The average Bonchev–Trinajstić information content (AvgIpc) is 3.25. The average molecular weight is 441 g/mol. The molecule has 9 heteroatoms. The third kappa shape index (κ3) is 3.98. The molecule has 170 valence electrons. The highest BCUT2D eigenvalue weighted by molar-refractivity contribution is 5.79. The van der Waals surface area contributed by atoms with Crippen LogP contribution in [0.2, 0.25) is 0 Å². The molecule has 32 heavy (non-hydrogen) atoms. The number of nitrogens with zero attached hydrogens (tertiary/aromatic N) is 5. The van der Waals surface area contributed by atoms with Crippen molar-refractivity contribution in [3.8, 4) is 0 Å². The van der Waals surface area contributed by atoms with Crippen molar-refractivity contribution in [3.05, 3.63) is 36.0 Å². The molecule has 0 unspecified atom stereocenters. The van der Waals surface area contributed by atoms with Gasteiger partial charge in [-0.1, -0.05) is 0 Å². The molecule has 1 aromatic rings. The summed E-state index contributed by atoms with van der Waals surface area (Å²) in [6.07, 6.45) is 7.93. The zero-order chi connectivity index (χ0) is 22.1. The SMILES string of the molecule is CCOC(=O)N1CC2(CC[C@@H](N3CCN(c4ncc(F)cc4C4=CNC=C=N4)CC3)C2)C1. The maximum Gasteiger partial charge on any atom is 0.409 e. The van der Waals surface area contributed by atoms with Crippen LogP contribution in [0.5, 0.6) is 0 Å². The van der Waals surface area contributed by atoms with Crippen LogP contribution in [0.3, 0.4) is 0 Å². The van der Waals surface area contributed by atoms with Gasteiger partial charge in [0.05, 0.1) is 19.0 Å². The first-order valence-corrected chi connectivity index (χ1v) is 11.4. The predicted octanol–water partition coefficient (Wildman–Crippen LogP) is 2.44. The molecule has 0 bridgehead atoms. The Balaban J connectivity index is 1.19. The lowest BCUT2D eigenvalue weighted by Gasteiger charge is -2.48. The van der Waals surface area contributed by atoms with E-state index in [1.165, 1.54) is 25.1 Å². The number of aliphatic imine (C=N–C) groups is 1. The molecule has 8 nitrogen and oxygen atoms in total. The number of anilines is 1. The quantitative estimate of drug-likeness (QED) is 0.775. The van der Waals surface area contributed by atoms with Crippen molar-refractivity contribution in [2.24, 2.45) is 10.4 Å². The summed E-state index contributed by atoms with van der Waals surface area (Å²) in [7, 11) is 0. The Labute approximate surface area is 187 Å². The van der Waals surface area contributed by atoms with Gasteiger partial charge in [0.2, 0.25) is 0 Å². The van der Waals surface area contributed by atoms with E-state index in [4.69, 9.17) is 4.74 Å². The van der Waals surface area contributed by atoms with Crippen LogP contribution in [-0.4, -0.2) is 78.7 Å². The number of amides is 1. The monoisotopic (exact) mass is 440 g/mol. The largest absolute Gasteiger partial charge is 0.450 e. The number of pyridine rings is 1. The van der Waals surface area contributed by atoms with Crippen molar-refractivity contribution in [1.82, 2.24) is 20.1 Å². The minimum Gasteiger partial charge on any atom is -0.450 e. The summed E-state index contributed by atoms with van der Waals surface area (Å²) in [5.74, 6) is 3.16. The summed E-state index contributed by atoms with van der Waals surface area (Å²) < 4.78 is 19.1. The molecular formula is C23H29FN6O2. The number of aromatic nitrogens is 1. The fraction of sp³-hybridized carbons (Fsp3) is 0.565. The molecular weight excluding hydrogens is 411 g/mol. The number of likely N-dealkylation sites (tertiary alicyclic amines) is 1. The van der Waals surface area contributed by atoms with Crippen LogP contribution in [0.25, 0.3) is 5.70 Å². The Morgan fingerprint density at radius 1 is 1.34 bits per heavy atom. The highest BCUT2D eigenvalue weighted by atomic mass is 19.1. The molecule has 0 radical (unpaired) electrons. The second-order valence-electron chi connectivity index (χ2n) is 9.08. The molecule has 4 heterocycles. The van der Waals surface area contributed by atoms with E-state index >= 15 is 0 Å². The number of rotatable bonds is 4. The molecule has 1 aliphatic carbocycles. The Kier molecular flexibility index (Phi) is 5.61. The van der Waals surface area contributed by atoms with Gasteiger partial charge in [0, 0.05) is 68.4 Å². The summed E-state index contributed by atoms with van der Waals surface area (Å²) in [6, 6.07) is 2.05. The lowest BCUT2D eigenvalue weighted by molar-refractivity contribution is -0.00294. The summed E-state index contributed by atoms with van der Waals surface area (Å²) in [5.41, 5.74) is 1.58. The van der Waals surface area contributed by atoms with Crippen LogP contribution in [0.4, 0.5) is 15.0 Å². The Hall–Kier alpha value is -2.90. The number of carbonyl (C=O) groups excluding carboxylic acids is 1. The number of ether oxygens (including phenoxy) is 1. The van der Waals surface area contributed by atoms with Crippen LogP contribution in [0.15, 0.2) is 29.7 Å². The van der Waals surface area contributed by atoms with E-state index in [1.807, 2.05) is 11.8 Å². The molecule has 3 aliphatic heterocycles. The van der Waals surface area contributed by atoms with Crippen LogP contribution < -0.4 is 10.2 Å². The van der Waals surface area contributed by atoms with Gasteiger partial charge < -0.3 is 19.9 Å². The number of nitrogens with one attached hydrogen (secondary N) is 1. The minimum absolute atomic E-state index is 0.180. The Morgan fingerprint density at radius 3 is 2.88 bits per heavy atom. The van der Waals surface area contributed by atoms with Gasteiger partial charge in [-0.25, -0.2) is 19.2 Å². The summed E-state index contributed by atoms with van der Waals surface area (Å²) in [5, 5.41) is 2.96. The van der Waals surface area contributed by atoms with E-state index in [2.05, 4.69) is 31.0 Å². The Morgan fingerprint density at radius 2 is 2.16 bits per heavy atom. The normalized spacial score (nSPS) is 24.3. The maximum absolute atomic E-state index is 13.9. The van der Waals surface area contributed by atoms with Crippen molar-refractivity contribution in [1.29, 1.82) is 0 Å². The van der Waals surface area contributed by atoms with E-state index in [0.717, 1.165) is 51.5 Å². The smallest absolute Gasteiger partial charge is 0.409 e. The topological polar surface area (TPSA) is 73.3 Å². The molecule has 1 saturated carbocycles. The van der Waals surface area contributed by atoms with Gasteiger partial charge in [0.1, 0.15) is 17.3 Å². The van der Waals surface area contributed by atoms with E-state index < -0.39 is 0 Å². The zero-order valence-electron chi connectivity index (χ0n) is 18.4. The third-order valence-corrected chi connectivity index (χ3v) is 7.05. The van der Waals surface area contributed by atoms with Crippen molar-refractivity contribution < 1.29 is 13.9 Å². The minimum atomic E-state index is -0.373. The lowest BCUT2D eigenvalue weighted by atomic mass is 9.78. The van der Waals surface area contributed by atoms with Gasteiger partial charge in [-0.2, -0.15) is 0 Å². The second kappa shape index (κ2) is 8.56. The molecule has 1 atom stereocenters. The molecule has 1 N–H and O–H groups in total. The number of carbonyl (C=O) groups is 1. The highest BCUT2D eigenvalue weighted by Gasteiger charge is 2.51. The Bertz CT molecular complexity index is 975. The molecule has 5 rings (SSSR count). The van der Waals surface area contributed by atoms with Gasteiger partial charge in [0.25, 0.3) is 0 Å². The fourth-order valence-corrected chi connectivity index (χ4v) is 5.48. The highest BCUT2D eigenvalue weighted by Crippen LogP contribution is 2.47. The third-order valence-electron chi connectivity index (χ3n) is 7.05. The first kappa shape index (κ1) is 21.0. The fourth-order valence-electron chi connectivity index (χ4n) is 5.48.